The predicted octanol–water partition coefficient (Wildman–Crippen LogP) is 4.46. The molecule has 2 rings (SSSR count). The Morgan fingerprint density at radius 3 is 2.78 bits per heavy atom. The Morgan fingerprint density at radius 1 is 1.33 bits per heavy atom. The van der Waals surface area contributed by atoms with Gasteiger partial charge in [-0.1, -0.05) is 17.7 Å². The molecule has 1 aromatic heterocycles. The number of hydrogen-bond acceptors (Lipinski definition) is 3. The molecule has 1 heterocycles. The van der Waals surface area contributed by atoms with E-state index in [-0.39, 0.29) is 0 Å². The van der Waals surface area contributed by atoms with E-state index < -0.39 is 0 Å². The van der Waals surface area contributed by atoms with Crippen LogP contribution in [0.1, 0.15) is 10.4 Å². The van der Waals surface area contributed by atoms with Gasteiger partial charge in [0.15, 0.2) is 0 Å². The zero-order valence-corrected chi connectivity index (χ0v) is 13.0. The fourth-order valence-corrected chi connectivity index (χ4v) is 3.33. The first-order valence-electron chi connectivity index (χ1n) is 5.45. The van der Waals surface area contributed by atoms with E-state index in [1.54, 1.807) is 18.4 Å². The summed E-state index contributed by atoms with van der Waals surface area (Å²) in [7, 11) is 1.62. The molecule has 96 valence electrons. The lowest BCUT2D eigenvalue weighted by Crippen LogP contribution is -2.12. The predicted molar refractivity (Wildman–Crippen MR) is 80.6 cm³/mol. The molecule has 0 aliphatic carbocycles. The standard InChI is InChI=1S/C13H13BrClNOS/c1-17-12-3-2-9(6-11(12)15)7-16-8-13-10(14)4-5-18-13/h2-6,16H,7-8H2,1H3. The quantitative estimate of drug-likeness (QED) is 0.863. The van der Waals surface area contributed by atoms with E-state index in [2.05, 4.69) is 32.7 Å². The highest BCUT2D eigenvalue weighted by Gasteiger charge is 2.03. The van der Waals surface area contributed by atoms with Crippen molar-refractivity contribution in [1.29, 1.82) is 0 Å². The zero-order chi connectivity index (χ0) is 13.0. The molecular weight excluding hydrogens is 334 g/mol. The summed E-state index contributed by atoms with van der Waals surface area (Å²) < 4.78 is 6.28. The second kappa shape index (κ2) is 6.57. The highest BCUT2D eigenvalue weighted by molar-refractivity contribution is 9.10. The Kier molecular flexibility index (Phi) is 5.06. The van der Waals surface area contributed by atoms with Crippen LogP contribution in [0.3, 0.4) is 0 Å². The Labute approximate surface area is 124 Å². The highest BCUT2D eigenvalue weighted by Crippen LogP contribution is 2.25. The van der Waals surface area contributed by atoms with Crippen LogP contribution >= 0.6 is 38.9 Å². The molecule has 0 radical (unpaired) electrons. The lowest BCUT2D eigenvalue weighted by molar-refractivity contribution is 0.415. The number of ether oxygens (including phenoxy) is 1. The van der Waals surface area contributed by atoms with Crippen LogP contribution in [-0.2, 0) is 13.1 Å². The lowest BCUT2D eigenvalue weighted by atomic mass is 10.2. The number of hydrogen-bond donors (Lipinski definition) is 1. The molecule has 2 nitrogen and oxygen atoms in total. The van der Waals surface area contributed by atoms with Crippen LogP contribution < -0.4 is 10.1 Å². The molecule has 18 heavy (non-hydrogen) atoms. The van der Waals surface area contributed by atoms with E-state index >= 15 is 0 Å². The fourth-order valence-electron chi connectivity index (χ4n) is 1.59. The van der Waals surface area contributed by atoms with Crippen LogP contribution in [0.4, 0.5) is 0 Å². The van der Waals surface area contributed by atoms with Crippen molar-refractivity contribution >= 4 is 38.9 Å². The summed E-state index contributed by atoms with van der Waals surface area (Å²) in [5.41, 5.74) is 1.15. The van der Waals surface area contributed by atoms with Gasteiger partial charge in [-0.25, -0.2) is 0 Å². The molecule has 0 aliphatic heterocycles. The minimum Gasteiger partial charge on any atom is -0.495 e. The van der Waals surface area contributed by atoms with Crippen molar-refractivity contribution in [3.8, 4) is 5.75 Å². The normalized spacial score (nSPS) is 10.6. The maximum Gasteiger partial charge on any atom is 0.137 e. The fraction of sp³-hybridized carbons (Fsp3) is 0.231. The largest absolute Gasteiger partial charge is 0.495 e. The molecule has 0 amide bonds. The molecule has 0 fully saturated rings. The van der Waals surface area contributed by atoms with Crippen molar-refractivity contribution in [1.82, 2.24) is 5.32 Å². The van der Waals surface area contributed by atoms with Gasteiger partial charge in [-0.2, -0.15) is 0 Å². The number of halogens is 2. The summed E-state index contributed by atoms with van der Waals surface area (Å²) >= 11 is 11.3. The van der Waals surface area contributed by atoms with E-state index in [4.69, 9.17) is 16.3 Å². The maximum absolute atomic E-state index is 6.08. The van der Waals surface area contributed by atoms with Crippen molar-refractivity contribution in [2.45, 2.75) is 13.1 Å². The van der Waals surface area contributed by atoms with Gasteiger partial charge in [0.2, 0.25) is 0 Å². The van der Waals surface area contributed by atoms with Crippen molar-refractivity contribution in [2.24, 2.45) is 0 Å². The summed E-state index contributed by atoms with van der Waals surface area (Å²) in [5, 5.41) is 6.11. The van der Waals surface area contributed by atoms with Crippen molar-refractivity contribution < 1.29 is 4.74 Å². The van der Waals surface area contributed by atoms with Crippen molar-refractivity contribution in [3.63, 3.8) is 0 Å². The van der Waals surface area contributed by atoms with Gasteiger partial charge in [-0.15, -0.1) is 11.3 Å². The van der Waals surface area contributed by atoms with Gasteiger partial charge < -0.3 is 10.1 Å². The molecule has 1 N–H and O–H groups in total. The van der Waals surface area contributed by atoms with Gasteiger partial charge in [0.05, 0.1) is 12.1 Å². The SMILES string of the molecule is COc1ccc(CNCc2sccc2Br)cc1Cl. The Hall–Kier alpha value is -0.550. The van der Waals surface area contributed by atoms with E-state index in [1.165, 1.54) is 4.88 Å². The lowest BCUT2D eigenvalue weighted by Gasteiger charge is -2.07. The molecule has 5 heteroatoms. The third kappa shape index (κ3) is 3.48. The average molecular weight is 347 g/mol. The monoisotopic (exact) mass is 345 g/mol. The van der Waals surface area contributed by atoms with Gasteiger partial charge in [0.25, 0.3) is 0 Å². The molecule has 0 unspecified atom stereocenters. The summed E-state index contributed by atoms with van der Waals surface area (Å²) in [6.07, 6.45) is 0. The van der Waals surface area contributed by atoms with Crippen LogP contribution in [0, 0.1) is 0 Å². The number of thiophene rings is 1. The van der Waals surface area contributed by atoms with E-state index in [0.717, 1.165) is 23.1 Å². The van der Waals surface area contributed by atoms with Gasteiger partial charge >= 0.3 is 0 Å². The van der Waals surface area contributed by atoms with Crippen LogP contribution in [0.15, 0.2) is 34.1 Å². The van der Waals surface area contributed by atoms with Gasteiger partial charge in [-0.3, -0.25) is 0 Å². The van der Waals surface area contributed by atoms with E-state index in [0.29, 0.717) is 10.8 Å². The Morgan fingerprint density at radius 2 is 2.17 bits per heavy atom. The molecule has 2 aromatic rings. The van der Waals surface area contributed by atoms with Gasteiger partial charge in [0, 0.05) is 22.4 Å². The molecular formula is C13H13BrClNOS. The molecule has 0 bridgehead atoms. The summed E-state index contributed by atoms with van der Waals surface area (Å²) in [6, 6.07) is 7.89. The van der Waals surface area contributed by atoms with E-state index in [9.17, 15) is 0 Å². The summed E-state index contributed by atoms with van der Waals surface area (Å²) in [6.45, 7) is 1.63. The summed E-state index contributed by atoms with van der Waals surface area (Å²) in [4.78, 5) is 1.30. The first-order chi connectivity index (χ1) is 8.70. The minimum atomic E-state index is 0.647. The molecule has 0 atom stereocenters. The average Bonchev–Trinajstić information content (AvgIpc) is 2.75. The third-order valence-electron chi connectivity index (χ3n) is 2.52. The van der Waals surface area contributed by atoms with E-state index in [1.807, 2.05) is 18.2 Å². The Balaban J connectivity index is 1.91. The minimum absolute atomic E-state index is 0.647. The smallest absolute Gasteiger partial charge is 0.137 e. The van der Waals surface area contributed by atoms with Crippen LogP contribution in [-0.4, -0.2) is 7.11 Å². The molecule has 0 aliphatic rings. The van der Waals surface area contributed by atoms with Crippen LogP contribution in [0.2, 0.25) is 5.02 Å². The Bertz CT molecular complexity index is 529. The van der Waals surface area contributed by atoms with Crippen LogP contribution in [0.25, 0.3) is 0 Å². The highest BCUT2D eigenvalue weighted by atomic mass is 79.9. The van der Waals surface area contributed by atoms with Gasteiger partial charge in [-0.05, 0) is 45.1 Å². The molecule has 1 aromatic carbocycles. The summed E-state index contributed by atoms with van der Waals surface area (Å²) in [5.74, 6) is 0.710. The number of nitrogens with one attached hydrogen (secondary N) is 1. The number of rotatable bonds is 5. The van der Waals surface area contributed by atoms with Crippen LogP contribution in [0.5, 0.6) is 5.75 Å². The molecule has 0 saturated heterocycles. The first-order valence-corrected chi connectivity index (χ1v) is 7.51. The van der Waals surface area contributed by atoms with Crippen molar-refractivity contribution in [2.75, 3.05) is 7.11 Å². The number of benzene rings is 1. The first kappa shape index (κ1) is 13.9. The molecule has 0 spiro atoms. The topological polar surface area (TPSA) is 21.3 Å². The zero-order valence-electron chi connectivity index (χ0n) is 9.87. The molecule has 0 saturated carbocycles. The number of methoxy groups -OCH3 is 1. The van der Waals surface area contributed by atoms with Crippen molar-refractivity contribution in [3.05, 3.63) is 49.6 Å². The maximum atomic E-state index is 6.08. The van der Waals surface area contributed by atoms with Gasteiger partial charge in [0.1, 0.15) is 5.75 Å². The second-order valence-corrected chi connectivity index (χ2v) is 6.03. The second-order valence-electron chi connectivity index (χ2n) is 3.76. The third-order valence-corrected chi connectivity index (χ3v) is 4.74.